The molecule has 0 aromatic carbocycles. The van der Waals surface area contributed by atoms with Crippen LogP contribution in [0.1, 0.15) is 18.5 Å². The topological polar surface area (TPSA) is 35.0 Å². The Kier molecular flexibility index (Phi) is 2.43. The van der Waals surface area contributed by atoms with Crippen molar-refractivity contribution < 1.29 is 9.13 Å². The first-order valence-corrected chi connectivity index (χ1v) is 7.23. The molecule has 19 heavy (non-hydrogen) atoms. The number of hydrogen-bond acceptors (Lipinski definition) is 3. The van der Waals surface area contributed by atoms with Gasteiger partial charge < -0.3 is 9.13 Å². The Morgan fingerprint density at radius 1 is 1.16 bits per heavy atom. The van der Waals surface area contributed by atoms with Crippen molar-refractivity contribution in [2.45, 2.75) is 25.9 Å². The van der Waals surface area contributed by atoms with Crippen LogP contribution in [0, 0.1) is 24.7 Å². The molecule has 0 N–H and O–H groups in total. The molecular formula is C14H19BN3O+. The second-order valence-corrected chi connectivity index (χ2v) is 6.72. The highest BCUT2D eigenvalue weighted by Crippen LogP contribution is 2.47. The lowest BCUT2D eigenvalue weighted by molar-refractivity contribution is -0.852. The van der Waals surface area contributed by atoms with Gasteiger partial charge in [-0.05, 0) is 25.8 Å². The van der Waals surface area contributed by atoms with E-state index in [9.17, 15) is 0 Å². The fraction of sp³-hybridized carbons (Fsp3) is 0.714. The Labute approximate surface area is 115 Å². The number of rotatable bonds is 2. The summed E-state index contributed by atoms with van der Waals surface area (Å²) in [5.41, 5.74) is 0.926. The summed E-state index contributed by atoms with van der Waals surface area (Å²) >= 11 is 0. The fourth-order valence-electron chi connectivity index (χ4n) is 4.56. The summed E-state index contributed by atoms with van der Waals surface area (Å²) in [5.74, 6) is 2.67. The quantitative estimate of drug-likeness (QED) is 0.743. The Hall–Kier alpha value is -1.10. The SMILES string of the molecule is [B][N+]12CC3CC(C1)C(Oc1ccc(C)nn1)C(C3)C2. The van der Waals surface area contributed by atoms with Gasteiger partial charge in [-0.3, -0.25) is 0 Å². The molecule has 2 radical (unpaired) electrons. The van der Waals surface area contributed by atoms with Gasteiger partial charge in [0.05, 0.1) is 25.3 Å². The highest BCUT2D eigenvalue weighted by atomic mass is 16.5. The zero-order valence-corrected chi connectivity index (χ0v) is 11.3. The van der Waals surface area contributed by atoms with E-state index in [1.54, 1.807) is 0 Å². The Morgan fingerprint density at radius 3 is 2.47 bits per heavy atom. The van der Waals surface area contributed by atoms with Crippen molar-refractivity contribution in [3.05, 3.63) is 17.8 Å². The van der Waals surface area contributed by atoms with Crippen molar-refractivity contribution in [3.63, 3.8) is 0 Å². The fourth-order valence-corrected chi connectivity index (χ4v) is 4.56. The Bertz CT molecular complexity index is 476. The molecule has 2 atom stereocenters. The van der Waals surface area contributed by atoms with Crippen LogP contribution in [0.4, 0.5) is 0 Å². The van der Waals surface area contributed by atoms with Gasteiger partial charge in [-0.2, -0.15) is 5.10 Å². The van der Waals surface area contributed by atoms with Crippen LogP contribution >= 0.6 is 0 Å². The molecule has 1 aromatic rings. The third-order valence-corrected chi connectivity index (χ3v) is 5.05. The van der Waals surface area contributed by atoms with Gasteiger partial charge in [-0.1, -0.05) is 0 Å². The molecule has 4 bridgehead atoms. The van der Waals surface area contributed by atoms with E-state index < -0.39 is 0 Å². The van der Waals surface area contributed by atoms with E-state index in [0.29, 0.717) is 23.8 Å². The van der Waals surface area contributed by atoms with Crippen molar-refractivity contribution in [2.24, 2.45) is 17.8 Å². The molecular weight excluding hydrogens is 237 g/mol. The first-order chi connectivity index (χ1) is 9.11. The summed E-state index contributed by atoms with van der Waals surface area (Å²) < 4.78 is 6.93. The lowest BCUT2D eigenvalue weighted by Crippen LogP contribution is -2.70. The molecule has 5 rings (SSSR count). The molecule has 0 amide bonds. The Morgan fingerprint density at radius 2 is 1.89 bits per heavy atom. The van der Waals surface area contributed by atoms with Crippen molar-refractivity contribution in [3.8, 4) is 5.88 Å². The first kappa shape index (κ1) is 11.7. The summed E-state index contributed by atoms with van der Waals surface area (Å²) in [6.45, 7) is 5.24. The van der Waals surface area contributed by atoms with Gasteiger partial charge in [0.1, 0.15) is 6.10 Å². The summed E-state index contributed by atoms with van der Waals surface area (Å²) in [6.07, 6.45) is 2.85. The molecule has 5 heteroatoms. The first-order valence-electron chi connectivity index (χ1n) is 7.23. The highest BCUT2D eigenvalue weighted by molar-refractivity contribution is 5.97. The number of piperidine rings is 3. The van der Waals surface area contributed by atoms with Gasteiger partial charge in [0.25, 0.3) is 0 Å². The van der Waals surface area contributed by atoms with E-state index in [2.05, 4.69) is 10.2 Å². The minimum atomic E-state index is 0.295. The smallest absolute Gasteiger partial charge is 0.472 e. The normalized spacial score (nSPS) is 43.4. The van der Waals surface area contributed by atoms with Crippen LogP contribution in [0.3, 0.4) is 0 Å². The van der Waals surface area contributed by atoms with E-state index in [0.717, 1.165) is 29.1 Å². The van der Waals surface area contributed by atoms with Crippen molar-refractivity contribution in [2.75, 3.05) is 19.6 Å². The predicted molar refractivity (Wildman–Crippen MR) is 71.5 cm³/mol. The zero-order chi connectivity index (χ0) is 13.0. The molecule has 98 valence electrons. The van der Waals surface area contributed by atoms with E-state index in [1.807, 2.05) is 19.1 Å². The van der Waals surface area contributed by atoms with Crippen LogP contribution in [0.2, 0.25) is 0 Å². The lowest BCUT2D eigenvalue weighted by Gasteiger charge is -2.59. The second kappa shape index (κ2) is 3.95. The maximum atomic E-state index is 6.45. The van der Waals surface area contributed by atoms with E-state index in [-0.39, 0.29) is 0 Å². The predicted octanol–water partition coefficient (Wildman–Crippen LogP) is 1.10. The van der Waals surface area contributed by atoms with Gasteiger partial charge >= 0.3 is 7.98 Å². The van der Waals surface area contributed by atoms with Crippen molar-refractivity contribution >= 4 is 7.98 Å². The Balaban J connectivity index is 1.55. The average molecular weight is 256 g/mol. The minimum absolute atomic E-state index is 0.295. The summed E-state index contributed by atoms with van der Waals surface area (Å²) in [5, 5.41) is 8.21. The summed E-state index contributed by atoms with van der Waals surface area (Å²) in [6, 6.07) is 3.89. The third kappa shape index (κ3) is 1.95. The summed E-state index contributed by atoms with van der Waals surface area (Å²) in [4.78, 5) is 0. The van der Waals surface area contributed by atoms with Gasteiger partial charge in [0.15, 0.2) is 0 Å². The van der Waals surface area contributed by atoms with Crippen LogP contribution in [0.25, 0.3) is 0 Å². The number of nitrogens with zero attached hydrogens (tertiary/aromatic N) is 3. The van der Waals surface area contributed by atoms with E-state index >= 15 is 0 Å². The van der Waals surface area contributed by atoms with Crippen LogP contribution in [0.5, 0.6) is 5.88 Å². The van der Waals surface area contributed by atoms with Gasteiger partial charge in [-0.15, -0.1) is 5.10 Å². The molecule has 2 unspecified atom stereocenters. The van der Waals surface area contributed by atoms with E-state index in [1.165, 1.54) is 19.4 Å². The standard InChI is InChI=1S/C14H19BN3O/c1-9-2-3-13(17-16-9)19-14-11-4-10-5-12(14)8-18(15,6-10)7-11/h2-3,10-12,14H,4-8H2,1H3/q+1. The number of aromatic nitrogens is 2. The van der Waals surface area contributed by atoms with Crippen LogP contribution in [0.15, 0.2) is 12.1 Å². The van der Waals surface area contributed by atoms with Gasteiger partial charge in [0.2, 0.25) is 5.88 Å². The van der Waals surface area contributed by atoms with Gasteiger partial charge in [-0.25, -0.2) is 0 Å². The molecule has 4 heterocycles. The average Bonchev–Trinajstić information content (AvgIpc) is 2.34. The molecule has 0 spiro atoms. The number of ether oxygens (including phenoxy) is 1. The number of quaternary nitrogens is 1. The largest absolute Gasteiger partial charge is 0.481 e. The zero-order valence-electron chi connectivity index (χ0n) is 11.3. The maximum Gasteiger partial charge on any atom is 0.481 e. The van der Waals surface area contributed by atoms with Crippen LogP contribution in [-0.4, -0.2) is 48.3 Å². The molecule has 4 aliphatic rings. The minimum Gasteiger partial charge on any atom is -0.472 e. The molecule has 3 saturated heterocycles. The molecule has 4 nitrogen and oxygen atoms in total. The van der Waals surface area contributed by atoms with Crippen molar-refractivity contribution in [1.82, 2.24) is 10.2 Å². The number of hydrogen-bond donors (Lipinski definition) is 0. The van der Waals surface area contributed by atoms with Crippen LogP contribution in [-0.2, 0) is 0 Å². The molecule has 1 saturated carbocycles. The molecule has 1 aromatic heterocycles. The monoisotopic (exact) mass is 256 g/mol. The van der Waals surface area contributed by atoms with Crippen molar-refractivity contribution in [1.29, 1.82) is 0 Å². The molecule has 3 aliphatic heterocycles. The van der Waals surface area contributed by atoms with Crippen LogP contribution < -0.4 is 4.74 Å². The molecule has 1 aliphatic carbocycles. The van der Waals surface area contributed by atoms with Gasteiger partial charge in [0, 0.05) is 23.8 Å². The maximum absolute atomic E-state index is 6.45. The molecule has 4 fully saturated rings. The summed E-state index contributed by atoms with van der Waals surface area (Å²) in [7, 11) is 6.45. The second-order valence-electron chi connectivity index (χ2n) is 6.72. The third-order valence-electron chi connectivity index (χ3n) is 5.05. The number of aryl methyl sites for hydroxylation is 1. The highest BCUT2D eigenvalue weighted by Gasteiger charge is 2.55. The van der Waals surface area contributed by atoms with E-state index in [4.69, 9.17) is 12.7 Å². The lowest BCUT2D eigenvalue weighted by atomic mass is 9.63.